The molecule has 0 bridgehead atoms. The van der Waals surface area contributed by atoms with Crippen LogP contribution in [0.1, 0.15) is 11.6 Å². The van der Waals surface area contributed by atoms with E-state index in [-0.39, 0.29) is 6.04 Å². The lowest BCUT2D eigenvalue weighted by molar-refractivity contribution is -0.131. The Labute approximate surface area is 106 Å². The van der Waals surface area contributed by atoms with Crippen molar-refractivity contribution < 1.29 is 9.90 Å². The van der Waals surface area contributed by atoms with Crippen LogP contribution in [0, 0.1) is 0 Å². The minimum absolute atomic E-state index is 0.0919. The number of carbonyl (C=O) groups is 1. The van der Waals surface area contributed by atoms with Crippen LogP contribution >= 0.6 is 0 Å². The van der Waals surface area contributed by atoms with E-state index in [1.807, 2.05) is 37.4 Å². The van der Waals surface area contributed by atoms with Crippen molar-refractivity contribution >= 4 is 16.7 Å². The molecule has 2 rings (SSSR count). The van der Waals surface area contributed by atoms with Gasteiger partial charge in [0.15, 0.2) is 0 Å². The van der Waals surface area contributed by atoms with Crippen LogP contribution < -0.4 is 5.32 Å². The highest BCUT2D eigenvalue weighted by atomic mass is 16.4. The van der Waals surface area contributed by atoms with Gasteiger partial charge in [0.1, 0.15) is 0 Å². The fraction of sp³-hybridized carbons (Fsp3) is 0.133. The van der Waals surface area contributed by atoms with E-state index in [1.165, 1.54) is 5.39 Å². The van der Waals surface area contributed by atoms with Gasteiger partial charge in [0.05, 0.1) is 6.04 Å². The molecular formula is C15H15NO2. The Balaban J connectivity index is 2.36. The highest BCUT2D eigenvalue weighted by Gasteiger charge is 2.06. The summed E-state index contributed by atoms with van der Waals surface area (Å²) < 4.78 is 0. The molecule has 0 aromatic heterocycles. The van der Waals surface area contributed by atoms with Gasteiger partial charge in [-0.2, -0.15) is 0 Å². The van der Waals surface area contributed by atoms with Gasteiger partial charge >= 0.3 is 5.97 Å². The van der Waals surface area contributed by atoms with Crippen LogP contribution in [-0.2, 0) is 4.79 Å². The molecule has 0 fully saturated rings. The molecule has 2 aromatic rings. The number of rotatable bonds is 4. The Hall–Kier alpha value is -2.13. The van der Waals surface area contributed by atoms with E-state index < -0.39 is 5.97 Å². The Morgan fingerprint density at radius 2 is 1.94 bits per heavy atom. The van der Waals surface area contributed by atoms with Gasteiger partial charge in [0.2, 0.25) is 0 Å². The summed E-state index contributed by atoms with van der Waals surface area (Å²) in [6.07, 6.45) is 2.81. The average Bonchev–Trinajstić information content (AvgIpc) is 2.39. The average molecular weight is 241 g/mol. The lowest BCUT2D eigenvalue weighted by Crippen LogP contribution is -2.14. The molecule has 0 aliphatic rings. The Morgan fingerprint density at radius 3 is 2.61 bits per heavy atom. The van der Waals surface area contributed by atoms with Crippen molar-refractivity contribution in [2.75, 3.05) is 7.05 Å². The van der Waals surface area contributed by atoms with E-state index in [4.69, 9.17) is 5.11 Å². The first-order chi connectivity index (χ1) is 8.70. The number of hydrogen-bond acceptors (Lipinski definition) is 2. The molecule has 2 N–H and O–H groups in total. The monoisotopic (exact) mass is 241 g/mol. The molecule has 2 aromatic carbocycles. The highest BCUT2D eigenvalue weighted by molar-refractivity contribution is 5.83. The maximum atomic E-state index is 10.5. The van der Waals surface area contributed by atoms with Gasteiger partial charge < -0.3 is 10.4 Å². The van der Waals surface area contributed by atoms with Gasteiger partial charge in [-0.3, -0.25) is 0 Å². The number of aliphatic carboxylic acids is 1. The van der Waals surface area contributed by atoms with Crippen LogP contribution in [0.3, 0.4) is 0 Å². The van der Waals surface area contributed by atoms with Gasteiger partial charge in [-0.05, 0) is 29.4 Å². The Kier molecular flexibility index (Phi) is 3.75. The summed E-state index contributed by atoms with van der Waals surface area (Å²) in [5, 5.41) is 14.1. The molecule has 0 amide bonds. The number of fused-ring (bicyclic) bond motifs is 1. The number of likely N-dealkylation sites (N-methyl/N-ethyl adjacent to an activating group) is 1. The fourth-order valence-corrected chi connectivity index (χ4v) is 1.95. The third-order valence-electron chi connectivity index (χ3n) is 2.87. The first-order valence-corrected chi connectivity index (χ1v) is 5.78. The zero-order chi connectivity index (χ0) is 13.0. The van der Waals surface area contributed by atoms with Crippen molar-refractivity contribution in [1.82, 2.24) is 5.32 Å². The van der Waals surface area contributed by atoms with E-state index in [2.05, 4.69) is 17.4 Å². The lowest BCUT2D eigenvalue weighted by Gasteiger charge is -2.12. The quantitative estimate of drug-likeness (QED) is 0.809. The molecule has 92 valence electrons. The molecule has 0 aliphatic heterocycles. The van der Waals surface area contributed by atoms with Crippen molar-refractivity contribution in [3.05, 3.63) is 60.2 Å². The van der Waals surface area contributed by atoms with Gasteiger partial charge in [-0.25, -0.2) is 4.79 Å². The molecule has 0 heterocycles. The first kappa shape index (κ1) is 12.3. The molecule has 18 heavy (non-hydrogen) atoms. The zero-order valence-corrected chi connectivity index (χ0v) is 10.1. The van der Waals surface area contributed by atoms with Crippen LogP contribution in [0.4, 0.5) is 0 Å². The number of carboxylic acid groups (broad SMARTS) is 1. The molecule has 3 heteroatoms. The summed E-state index contributed by atoms with van der Waals surface area (Å²) in [6, 6.07) is 14.1. The van der Waals surface area contributed by atoms with Crippen LogP contribution in [0.5, 0.6) is 0 Å². The van der Waals surface area contributed by atoms with Crippen molar-refractivity contribution in [2.24, 2.45) is 0 Å². The molecule has 0 saturated carbocycles. The lowest BCUT2D eigenvalue weighted by atomic mass is 10.0. The summed E-state index contributed by atoms with van der Waals surface area (Å²) in [5.74, 6) is -0.934. The van der Waals surface area contributed by atoms with Crippen molar-refractivity contribution in [1.29, 1.82) is 0 Å². The van der Waals surface area contributed by atoms with Gasteiger partial charge in [-0.1, -0.05) is 42.5 Å². The number of hydrogen-bond donors (Lipinski definition) is 2. The molecule has 1 atom stereocenters. The summed E-state index contributed by atoms with van der Waals surface area (Å²) in [7, 11) is 1.81. The maximum absolute atomic E-state index is 10.5. The minimum atomic E-state index is -0.934. The summed E-state index contributed by atoms with van der Waals surface area (Å²) in [4.78, 5) is 10.5. The van der Waals surface area contributed by atoms with E-state index in [1.54, 1.807) is 6.08 Å². The Bertz CT molecular complexity index is 590. The standard InChI is InChI=1S/C15H15NO2/c1-16-14(8-9-15(17)18)13-7-6-11-4-2-3-5-12(11)10-13/h2-10,14,16H,1H3,(H,17,18)/b9-8+. The van der Waals surface area contributed by atoms with Crippen LogP contribution in [-0.4, -0.2) is 18.1 Å². The second-order valence-corrected chi connectivity index (χ2v) is 4.07. The molecular weight excluding hydrogens is 226 g/mol. The number of carboxylic acids is 1. The smallest absolute Gasteiger partial charge is 0.328 e. The third kappa shape index (κ3) is 2.76. The molecule has 3 nitrogen and oxygen atoms in total. The fourth-order valence-electron chi connectivity index (χ4n) is 1.95. The summed E-state index contributed by atoms with van der Waals surface area (Å²) in [6.45, 7) is 0. The zero-order valence-electron chi connectivity index (χ0n) is 10.1. The number of benzene rings is 2. The predicted molar refractivity (Wildman–Crippen MR) is 72.5 cm³/mol. The molecule has 0 spiro atoms. The molecule has 0 radical (unpaired) electrons. The Morgan fingerprint density at radius 1 is 1.22 bits per heavy atom. The third-order valence-corrected chi connectivity index (χ3v) is 2.87. The summed E-state index contributed by atoms with van der Waals surface area (Å²) in [5.41, 5.74) is 1.05. The van der Waals surface area contributed by atoms with Gasteiger partial charge in [-0.15, -0.1) is 0 Å². The van der Waals surface area contributed by atoms with Crippen molar-refractivity contribution in [3.8, 4) is 0 Å². The van der Waals surface area contributed by atoms with E-state index >= 15 is 0 Å². The highest BCUT2D eigenvalue weighted by Crippen LogP contribution is 2.21. The second kappa shape index (κ2) is 5.47. The van der Waals surface area contributed by atoms with Crippen LogP contribution in [0.15, 0.2) is 54.6 Å². The second-order valence-electron chi connectivity index (χ2n) is 4.07. The SMILES string of the molecule is CNC(/C=C/C(=O)O)c1ccc2ccccc2c1. The van der Waals surface area contributed by atoms with Crippen LogP contribution in [0.2, 0.25) is 0 Å². The topological polar surface area (TPSA) is 49.3 Å². The predicted octanol–water partition coefficient (Wildman–Crippen LogP) is 2.74. The van der Waals surface area contributed by atoms with Crippen molar-refractivity contribution in [2.45, 2.75) is 6.04 Å². The largest absolute Gasteiger partial charge is 0.478 e. The number of nitrogens with one attached hydrogen (secondary N) is 1. The van der Waals surface area contributed by atoms with E-state index in [9.17, 15) is 4.79 Å². The van der Waals surface area contributed by atoms with Crippen LogP contribution in [0.25, 0.3) is 10.8 Å². The normalized spacial score (nSPS) is 12.9. The first-order valence-electron chi connectivity index (χ1n) is 5.78. The molecule has 0 aliphatic carbocycles. The summed E-state index contributed by atoms with van der Waals surface area (Å²) >= 11 is 0. The minimum Gasteiger partial charge on any atom is -0.478 e. The maximum Gasteiger partial charge on any atom is 0.328 e. The van der Waals surface area contributed by atoms with Crippen molar-refractivity contribution in [3.63, 3.8) is 0 Å². The molecule has 0 saturated heterocycles. The molecule has 1 unspecified atom stereocenters. The van der Waals surface area contributed by atoms with Gasteiger partial charge in [0, 0.05) is 6.08 Å². The van der Waals surface area contributed by atoms with E-state index in [0.717, 1.165) is 17.0 Å². The van der Waals surface area contributed by atoms with Gasteiger partial charge in [0.25, 0.3) is 0 Å². The van der Waals surface area contributed by atoms with E-state index in [0.29, 0.717) is 0 Å².